The Kier molecular flexibility index (Phi) is 3.83. The summed E-state index contributed by atoms with van der Waals surface area (Å²) in [7, 11) is 0. The lowest BCUT2D eigenvalue weighted by Crippen LogP contribution is -2.04. The molecule has 2 heterocycles. The van der Waals surface area contributed by atoms with Gasteiger partial charge < -0.3 is 0 Å². The van der Waals surface area contributed by atoms with Gasteiger partial charge in [0.25, 0.3) is 0 Å². The second-order valence-electron chi connectivity index (χ2n) is 3.71. The predicted octanol–water partition coefficient (Wildman–Crippen LogP) is 2.89. The molecule has 0 spiro atoms. The number of thiophene rings is 1. The molecule has 0 N–H and O–H groups in total. The Morgan fingerprint density at radius 1 is 1.31 bits per heavy atom. The highest BCUT2D eigenvalue weighted by Gasteiger charge is 2.04. The Morgan fingerprint density at radius 3 is 2.94 bits per heavy atom. The molecule has 16 heavy (non-hydrogen) atoms. The van der Waals surface area contributed by atoms with Crippen LogP contribution < -0.4 is 0 Å². The van der Waals surface area contributed by atoms with Crippen LogP contribution in [0.15, 0.2) is 41.4 Å². The first-order valence-corrected chi connectivity index (χ1v) is 6.20. The summed E-state index contributed by atoms with van der Waals surface area (Å²) in [5.74, 6) is 0.277. The largest absolute Gasteiger partial charge is 0.299 e. The minimum absolute atomic E-state index is 0.277. The second kappa shape index (κ2) is 5.56. The van der Waals surface area contributed by atoms with Crippen LogP contribution in [0.25, 0.3) is 0 Å². The summed E-state index contributed by atoms with van der Waals surface area (Å²) in [6, 6.07) is 5.87. The first kappa shape index (κ1) is 11.0. The molecular formula is C13H13NOS. The van der Waals surface area contributed by atoms with Gasteiger partial charge in [0.05, 0.1) is 0 Å². The summed E-state index contributed by atoms with van der Waals surface area (Å²) >= 11 is 1.67. The highest BCUT2D eigenvalue weighted by molar-refractivity contribution is 7.07. The van der Waals surface area contributed by atoms with Crippen LogP contribution in [0.4, 0.5) is 0 Å². The van der Waals surface area contributed by atoms with E-state index in [1.54, 1.807) is 23.7 Å². The number of aromatic nitrogens is 1. The topological polar surface area (TPSA) is 30.0 Å². The summed E-state index contributed by atoms with van der Waals surface area (Å²) in [5, 5.41) is 4.14. The van der Waals surface area contributed by atoms with E-state index in [0.29, 0.717) is 12.8 Å². The number of hydrogen-bond acceptors (Lipinski definition) is 3. The van der Waals surface area contributed by atoms with Crippen molar-refractivity contribution in [2.75, 3.05) is 0 Å². The third-order valence-electron chi connectivity index (χ3n) is 2.40. The highest BCUT2D eigenvalue weighted by Crippen LogP contribution is 2.09. The maximum absolute atomic E-state index is 11.7. The zero-order valence-corrected chi connectivity index (χ0v) is 9.74. The lowest BCUT2D eigenvalue weighted by Gasteiger charge is -1.99. The molecule has 0 aliphatic carbocycles. The van der Waals surface area contributed by atoms with E-state index in [-0.39, 0.29) is 5.78 Å². The van der Waals surface area contributed by atoms with Crippen LogP contribution in [0.3, 0.4) is 0 Å². The van der Waals surface area contributed by atoms with Gasteiger partial charge in [0.1, 0.15) is 5.78 Å². The van der Waals surface area contributed by atoms with Crippen molar-refractivity contribution in [3.05, 3.63) is 52.5 Å². The van der Waals surface area contributed by atoms with Crippen molar-refractivity contribution in [1.29, 1.82) is 0 Å². The number of pyridine rings is 1. The fourth-order valence-electron chi connectivity index (χ4n) is 1.54. The molecule has 2 aromatic heterocycles. The Labute approximate surface area is 99.0 Å². The number of aryl methyl sites for hydroxylation is 1. The monoisotopic (exact) mass is 231 g/mol. The SMILES string of the molecule is O=C(CCc1ccsc1)Cc1cccnc1. The number of ketones is 1. The Bertz CT molecular complexity index is 436. The minimum Gasteiger partial charge on any atom is -0.299 e. The molecule has 2 aromatic rings. The van der Waals surface area contributed by atoms with Crippen molar-refractivity contribution in [2.45, 2.75) is 19.3 Å². The smallest absolute Gasteiger partial charge is 0.137 e. The van der Waals surface area contributed by atoms with E-state index in [1.165, 1.54) is 5.56 Å². The summed E-state index contributed by atoms with van der Waals surface area (Å²) in [5.41, 5.74) is 2.25. The van der Waals surface area contributed by atoms with Gasteiger partial charge in [0, 0.05) is 25.2 Å². The summed E-state index contributed by atoms with van der Waals surface area (Å²) < 4.78 is 0. The zero-order valence-electron chi connectivity index (χ0n) is 8.93. The van der Waals surface area contributed by atoms with Crippen LogP contribution >= 0.6 is 11.3 Å². The third kappa shape index (κ3) is 3.28. The quantitative estimate of drug-likeness (QED) is 0.792. The molecular weight excluding hydrogens is 218 g/mol. The van der Waals surface area contributed by atoms with Crippen molar-refractivity contribution in [2.24, 2.45) is 0 Å². The maximum atomic E-state index is 11.7. The number of rotatable bonds is 5. The average molecular weight is 231 g/mol. The highest BCUT2D eigenvalue weighted by atomic mass is 32.1. The fraction of sp³-hybridized carbons (Fsp3) is 0.231. The van der Waals surface area contributed by atoms with Gasteiger partial charge in [-0.05, 0) is 40.4 Å². The summed E-state index contributed by atoms with van der Waals surface area (Å²) in [4.78, 5) is 15.7. The van der Waals surface area contributed by atoms with Crippen molar-refractivity contribution in [1.82, 2.24) is 4.98 Å². The molecule has 2 rings (SSSR count). The van der Waals surface area contributed by atoms with E-state index < -0.39 is 0 Å². The van der Waals surface area contributed by atoms with Gasteiger partial charge in [0.2, 0.25) is 0 Å². The molecule has 3 heteroatoms. The van der Waals surface area contributed by atoms with Crippen molar-refractivity contribution < 1.29 is 4.79 Å². The van der Waals surface area contributed by atoms with Crippen LogP contribution in [0.2, 0.25) is 0 Å². The fourth-order valence-corrected chi connectivity index (χ4v) is 2.24. The molecule has 2 nitrogen and oxygen atoms in total. The van der Waals surface area contributed by atoms with Crippen molar-refractivity contribution >= 4 is 17.1 Å². The third-order valence-corrected chi connectivity index (χ3v) is 3.13. The number of nitrogens with zero attached hydrogens (tertiary/aromatic N) is 1. The van der Waals surface area contributed by atoms with Crippen LogP contribution in [-0.4, -0.2) is 10.8 Å². The van der Waals surface area contributed by atoms with E-state index in [0.717, 1.165) is 12.0 Å². The Balaban J connectivity index is 1.81. The van der Waals surface area contributed by atoms with Crippen LogP contribution in [0, 0.1) is 0 Å². The zero-order chi connectivity index (χ0) is 11.2. The van der Waals surface area contributed by atoms with Crippen LogP contribution in [0.5, 0.6) is 0 Å². The number of carbonyl (C=O) groups is 1. The van der Waals surface area contributed by atoms with Gasteiger partial charge in [-0.3, -0.25) is 9.78 Å². The van der Waals surface area contributed by atoms with E-state index >= 15 is 0 Å². The van der Waals surface area contributed by atoms with E-state index in [9.17, 15) is 4.79 Å². The molecule has 0 fully saturated rings. The van der Waals surface area contributed by atoms with Crippen molar-refractivity contribution in [3.63, 3.8) is 0 Å². The summed E-state index contributed by atoms with van der Waals surface area (Å²) in [6.07, 6.45) is 5.44. The second-order valence-corrected chi connectivity index (χ2v) is 4.49. The molecule has 82 valence electrons. The molecule has 0 aliphatic heterocycles. The molecule has 0 saturated carbocycles. The van der Waals surface area contributed by atoms with E-state index in [2.05, 4.69) is 16.4 Å². The molecule has 0 aliphatic rings. The molecule has 0 unspecified atom stereocenters. The molecule has 0 atom stereocenters. The molecule has 0 bridgehead atoms. The minimum atomic E-state index is 0.277. The lowest BCUT2D eigenvalue weighted by atomic mass is 10.1. The Morgan fingerprint density at radius 2 is 2.25 bits per heavy atom. The van der Waals surface area contributed by atoms with Crippen molar-refractivity contribution in [3.8, 4) is 0 Å². The predicted molar refractivity (Wildman–Crippen MR) is 65.6 cm³/mol. The van der Waals surface area contributed by atoms with E-state index in [1.807, 2.05) is 17.5 Å². The number of hydrogen-bond donors (Lipinski definition) is 0. The van der Waals surface area contributed by atoms with Gasteiger partial charge >= 0.3 is 0 Å². The van der Waals surface area contributed by atoms with Gasteiger partial charge in [-0.1, -0.05) is 6.07 Å². The molecule has 0 radical (unpaired) electrons. The molecule has 0 amide bonds. The standard InChI is InChI=1S/C13H13NOS/c15-13(4-3-11-5-7-16-10-11)8-12-2-1-6-14-9-12/h1-2,5-7,9-10H,3-4,8H2. The average Bonchev–Trinajstić information content (AvgIpc) is 2.81. The summed E-state index contributed by atoms with van der Waals surface area (Å²) in [6.45, 7) is 0. The van der Waals surface area contributed by atoms with Gasteiger partial charge in [-0.2, -0.15) is 11.3 Å². The molecule has 0 aromatic carbocycles. The molecule has 0 saturated heterocycles. The number of carbonyl (C=O) groups excluding carboxylic acids is 1. The lowest BCUT2D eigenvalue weighted by molar-refractivity contribution is -0.118. The number of Topliss-reactive ketones (excluding diaryl/α,β-unsaturated/α-hetero) is 1. The van der Waals surface area contributed by atoms with Gasteiger partial charge in [0.15, 0.2) is 0 Å². The maximum Gasteiger partial charge on any atom is 0.137 e. The first-order valence-electron chi connectivity index (χ1n) is 5.26. The normalized spacial score (nSPS) is 10.2. The van der Waals surface area contributed by atoms with Gasteiger partial charge in [-0.15, -0.1) is 0 Å². The Hall–Kier alpha value is -1.48. The van der Waals surface area contributed by atoms with Gasteiger partial charge in [-0.25, -0.2) is 0 Å². The van der Waals surface area contributed by atoms with Crippen LogP contribution in [-0.2, 0) is 17.6 Å². The van der Waals surface area contributed by atoms with Crippen LogP contribution in [0.1, 0.15) is 17.5 Å². The first-order chi connectivity index (χ1) is 7.84. The van der Waals surface area contributed by atoms with E-state index in [4.69, 9.17) is 0 Å².